The minimum atomic E-state index is -1.64. The monoisotopic (exact) mass is 352 g/mol. The fourth-order valence-electron chi connectivity index (χ4n) is 2.40. The number of aryl methyl sites for hydroxylation is 1. The maximum atomic E-state index is 12.3. The molecule has 7 nitrogen and oxygen atoms in total. The molecule has 2 aromatic heterocycles. The highest BCUT2D eigenvalue weighted by Gasteiger charge is 2.22. The zero-order chi connectivity index (χ0) is 19.1. The van der Waals surface area contributed by atoms with E-state index in [1.165, 1.54) is 10.6 Å². The van der Waals surface area contributed by atoms with Crippen LogP contribution in [0.5, 0.6) is 0 Å². The van der Waals surface area contributed by atoms with E-state index in [1.807, 2.05) is 45.9 Å². The van der Waals surface area contributed by atoms with Crippen LogP contribution in [-0.2, 0) is 4.79 Å². The molecule has 26 heavy (non-hydrogen) atoms. The molecule has 0 radical (unpaired) electrons. The quantitative estimate of drug-likeness (QED) is 0.619. The van der Waals surface area contributed by atoms with Crippen LogP contribution in [0.3, 0.4) is 0 Å². The van der Waals surface area contributed by atoms with Crippen molar-refractivity contribution < 1.29 is 14.8 Å². The summed E-state index contributed by atoms with van der Waals surface area (Å²) in [7, 11) is -1.64. The van der Waals surface area contributed by atoms with Gasteiger partial charge in [0, 0.05) is 16.7 Å². The van der Waals surface area contributed by atoms with Crippen LogP contribution < -0.4 is 10.9 Å². The Morgan fingerprint density at radius 2 is 1.92 bits per heavy atom. The van der Waals surface area contributed by atoms with Crippen molar-refractivity contribution >= 4 is 30.0 Å². The van der Waals surface area contributed by atoms with Gasteiger partial charge in [-0.25, -0.2) is 9.50 Å². The molecule has 0 unspecified atom stereocenters. The Balaban J connectivity index is 1.98. The number of hydrogen-bond acceptors (Lipinski definition) is 5. The largest absolute Gasteiger partial charge is 0.510 e. The predicted octanol–water partition coefficient (Wildman–Crippen LogP) is 1.37. The molecule has 0 bridgehead atoms. The number of hydrogen-bond donors (Lipinski definition) is 3. The molecular formula is C18H21BN4O3. The molecule has 3 N–H and O–H groups in total. The number of amides is 1. The van der Waals surface area contributed by atoms with Crippen molar-refractivity contribution in [2.24, 2.45) is 5.41 Å². The highest BCUT2D eigenvalue weighted by Crippen LogP contribution is 2.26. The molecule has 0 aliphatic carbocycles. The standard InChI is InChI=1S/C18H21BN4O3/c1-11-5-6-12(9-13(11)21-17(24)18(2,3)4)14-10-23-16(20-14)8-7-15(22-23)19(25)26/h5-10,25-26H,1-4H3,(H,21,24). The number of imidazole rings is 1. The molecule has 0 aliphatic heterocycles. The first-order chi connectivity index (χ1) is 12.1. The maximum absolute atomic E-state index is 12.3. The van der Waals surface area contributed by atoms with Gasteiger partial charge in [-0.15, -0.1) is 0 Å². The highest BCUT2D eigenvalue weighted by molar-refractivity contribution is 6.57. The third-order valence-corrected chi connectivity index (χ3v) is 4.07. The van der Waals surface area contributed by atoms with E-state index in [0.717, 1.165) is 16.8 Å². The van der Waals surface area contributed by atoms with Crippen LogP contribution in [0.15, 0.2) is 36.5 Å². The van der Waals surface area contributed by atoms with Crippen molar-refractivity contribution in [3.8, 4) is 11.3 Å². The second-order valence-corrected chi connectivity index (χ2v) is 7.29. The molecule has 2 heterocycles. The maximum Gasteiger partial charge on any atom is 0.510 e. The normalized spacial score (nSPS) is 11.6. The van der Waals surface area contributed by atoms with Gasteiger partial charge >= 0.3 is 7.12 Å². The molecule has 0 aliphatic rings. The Kier molecular flexibility index (Phi) is 4.56. The van der Waals surface area contributed by atoms with Gasteiger partial charge in [-0.3, -0.25) is 4.79 Å². The summed E-state index contributed by atoms with van der Waals surface area (Å²) in [4.78, 5) is 16.8. The van der Waals surface area contributed by atoms with Crippen molar-refractivity contribution in [2.45, 2.75) is 27.7 Å². The number of benzene rings is 1. The molecule has 0 fully saturated rings. The van der Waals surface area contributed by atoms with E-state index in [1.54, 1.807) is 12.3 Å². The molecule has 1 amide bonds. The molecule has 0 atom stereocenters. The summed E-state index contributed by atoms with van der Waals surface area (Å²) < 4.78 is 1.50. The van der Waals surface area contributed by atoms with E-state index in [4.69, 9.17) is 0 Å². The number of fused-ring (bicyclic) bond motifs is 1. The number of anilines is 1. The fraction of sp³-hybridized carbons (Fsp3) is 0.278. The van der Waals surface area contributed by atoms with Crippen LogP contribution in [0.1, 0.15) is 26.3 Å². The topological polar surface area (TPSA) is 99.8 Å². The van der Waals surface area contributed by atoms with Gasteiger partial charge in [0.15, 0.2) is 5.65 Å². The van der Waals surface area contributed by atoms with Crippen LogP contribution in [0.2, 0.25) is 0 Å². The number of nitrogens with zero attached hydrogens (tertiary/aromatic N) is 3. The Bertz CT molecular complexity index is 976. The lowest BCUT2D eigenvalue weighted by atomic mass is 9.86. The summed E-state index contributed by atoms with van der Waals surface area (Å²) in [5.74, 6) is -0.0593. The molecule has 0 saturated carbocycles. The fourth-order valence-corrected chi connectivity index (χ4v) is 2.40. The van der Waals surface area contributed by atoms with E-state index in [2.05, 4.69) is 15.4 Å². The van der Waals surface area contributed by atoms with Gasteiger partial charge in [-0.05, 0) is 30.7 Å². The second-order valence-electron chi connectivity index (χ2n) is 7.29. The van der Waals surface area contributed by atoms with Gasteiger partial charge in [0.1, 0.15) is 0 Å². The van der Waals surface area contributed by atoms with Gasteiger partial charge in [0.25, 0.3) is 0 Å². The van der Waals surface area contributed by atoms with Crippen LogP contribution in [0.25, 0.3) is 16.9 Å². The van der Waals surface area contributed by atoms with Gasteiger partial charge in [0.05, 0.1) is 17.5 Å². The molecule has 134 valence electrons. The van der Waals surface area contributed by atoms with Crippen LogP contribution in [0.4, 0.5) is 5.69 Å². The van der Waals surface area contributed by atoms with Crippen molar-refractivity contribution in [3.63, 3.8) is 0 Å². The van der Waals surface area contributed by atoms with E-state index in [0.29, 0.717) is 11.3 Å². The minimum absolute atomic E-state index is 0.0593. The zero-order valence-corrected chi connectivity index (χ0v) is 15.2. The molecule has 3 aromatic rings. The van der Waals surface area contributed by atoms with Crippen molar-refractivity contribution in [1.29, 1.82) is 0 Å². The molecule has 1 aromatic carbocycles. The van der Waals surface area contributed by atoms with Crippen LogP contribution in [-0.4, -0.2) is 37.7 Å². The average Bonchev–Trinajstić information content (AvgIpc) is 2.98. The molecular weight excluding hydrogens is 331 g/mol. The first kappa shape index (κ1) is 18.1. The Labute approximate surface area is 151 Å². The van der Waals surface area contributed by atoms with Crippen LogP contribution >= 0.6 is 0 Å². The van der Waals surface area contributed by atoms with Crippen molar-refractivity contribution in [3.05, 3.63) is 42.1 Å². The summed E-state index contributed by atoms with van der Waals surface area (Å²) in [5.41, 5.74) is 3.44. The van der Waals surface area contributed by atoms with Gasteiger partial charge in [-0.2, -0.15) is 5.10 Å². The van der Waals surface area contributed by atoms with E-state index >= 15 is 0 Å². The van der Waals surface area contributed by atoms with Gasteiger partial charge in [0.2, 0.25) is 5.91 Å². The summed E-state index contributed by atoms with van der Waals surface area (Å²) >= 11 is 0. The molecule has 0 saturated heterocycles. The highest BCUT2D eigenvalue weighted by atomic mass is 16.4. The average molecular weight is 352 g/mol. The van der Waals surface area contributed by atoms with E-state index in [9.17, 15) is 14.8 Å². The number of carbonyl (C=O) groups is 1. The van der Waals surface area contributed by atoms with Gasteiger partial charge in [-0.1, -0.05) is 32.9 Å². The number of carbonyl (C=O) groups excluding carboxylic acids is 1. The molecule has 0 spiro atoms. The van der Waals surface area contributed by atoms with Crippen LogP contribution in [0, 0.1) is 12.3 Å². The number of rotatable bonds is 3. The first-order valence-corrected chi connectivity index (χ1v) is 8.30. The smallest absolute Gasteiger partial charge is 0.422 e. The Hall–Kier alpha value is -2.71. The molecule has 8 heteroatoms. The zero-order valence-electron chi connectivity index (χ0n) is 15.2. The summed E-state index contributed by atoms with van der Waals surface area (Å²) in [5, 5.41) is 25.6. The lowest BCUT2D eigenvalue weighted by molar-refractivity contribution is -0.123. The second kappa shape index (κ2) is 6.55. The predicted molar refractivity (Wildman–Crippen MR) is 101 cm³/mol. The summed E-state index contributed by atoms with van der Waals surface area (Å²) in [6.45, 7) is 7.52. The summed E-state index contributed by atoms with van der Waals surface area (Å²) in [6.07, 6.45) is 1.71. The van der Waals surface area contributed by atoms with Crippen molar-refractivity contribution in [1.82, 2.24) is 14.6 Å². The lowest BCUT2D eigenvalue weighted by Crippen LogP contribution is -2.33. The SMILES string of the molecule is Cc1ccc(-c2cn3nc(B(O)O)ccc3n2)cc1NC(=O)C(C)(C)C. The minimum Gasteiger partial charge on any atom is -0.422 e. The number of nitrogens with one attached hydrogen (secondary N) is 1. The van der Waals surface area contributed by atoms with E-state index < -0.39 is 12.5 Å². The Morgan fingerprint density at radius 3 is 2.58 bits per heavy atom. The van der Waals surface area contributed by atoms with Crippen molar-refractivity contribution in [2.75, 3.05) is 5.32 Å². The van der Waals surface area contributed by atoms with Gasteiger partial charge < -0.3 is 15.4 Å². The summed E-state index contributed by atoms with van der Waals surface area (Å²) in [6, 6.07) is 8.91. The lowest BCUT2D eigenvalue weighted by Gasteiger charge is -2.19. The number of aromatic nitrogens is 3. The third-order valence-electron chi connectivity index (χ3n) is 4.07. The Morgan fingerprint density at radius 1 is 1.19 bits per heavy atom. The first-order valence-electron chi connectivity index (χ1n) is 8.30. The third kappa shape index (κ3) is 3.61. The van der Waals surface area contributed by atoms with E-state index in [-0.39, 0.29) is 11.5 Å². The molecule has 3 rings (SSSR count).